The van der Waals surface area contributed by atoms with E-state index in [4.69, 9.17) is 4.74 Å². The van der Waals surface area contributed by atoms with E-state index in [1.165, 1.54) is 0 Å². The van der Waals surface area contributed by atoms with Gasteiger partial charge in [0.05, 0.1) is 23.7 Å². The first-order valence-corrected chi connectivity index (χ1v) is 10.9. The lowest BCUT2D eigenvalue weighted by Gasteiger charge is -2.23. The van der Waals surface area contributed by atoms with Gasteiger partial charge in [-0.25, -0.2) is 0 Å². The second-order valence-electron chi connectivity index (χ2n) is 7.15. The largest absolute Gasteiger partial charge is 0.492 e. The highest BCUT2D eigenvalue weighted by molar-refractivity contribution is 5.26. The van der Waals surface area contributed by atoms with Gasteiger partial charge in [-0.3, -0.25) is 19.9 Å². The summed E-state index contributed by atoms with van der Waals surface area (Å²) in [6.45, 7) is 8.45. The van der Waals surface area contributed by atoms with Crippen LogP contribution >= 0.6 is 0 Å². The van der Waals surface area contributed by atoms with Crippen molar-refractivity contribution >= 4 is 0 Å². The van der Waals surface area contributed by atoms with Crippen LogP contribution in [-0.2, 0) is 19.6 Å². The van der Waals surface area contributed by atoms with Crippen LogP contribution < -0.4 is 15.4 Å². The summed E-state index contributed by atoms with van der Waals surface area (Å²) in [5, 5.41) is 6.98. The summed E-state index contributed by atoms with van der Waals surface area (Å²) in [7, 11) is 0. The number of pyridine rings is 3. The molecule has 0 atom stereocenters. The zero-order valence-corrected chi connectivity index (χ0v) is 18.2. The van der Waals surface area contributed by atoms with Crippen molar-refractivity contribution in [2.24, 2.45) is 0 Å². The van der Waals surface area contributed by atoms with Gasteiger partial charge in [-0.2, -0.15) is 0 Å². The summed E-state index contributed by atoms with van der Waals surface area (Å²) in [4.78, 5) is 15.7. The topological polar surface area (TPSA) is 75.2 Å². The van der Waals surface area contributed by atoms with E-state index in [2.05, 4.69) is 30.5 Å². The van der Waals surface area contributed by atoms with Gasteiger partial charge in [-0.1, -0.05) is 12.1 Å². The third-order valence-corrected chi connectivity index (χ3v) is 4.80. The van der Waals surface area contributed by atoms with Crippen molar-refractivity contribution in [1.82, 2.24) is 30.5 Å². The number of nitrogens with one attached hydrogen (secondary N) is 2. The maximum Gasteiger partial charge on any atom is 0.142 e. The number of hydrogen-bond acceptors (Lipinski definition) is 7. The number of ether oxygens (including phenoxy) is 1. The van der Waals surface area contributed by atoms with Crippen molar-refractivity contribution in [2.45, 2.75) is 26.6 Å². The summed E-state index contributed by atoms with van der Waals surface area (Å²) in [6.07, 6.45) is 5.48. The SMILES string of the molecule is CCOc1cccnc1CN(CCNCc1ccccn1)CCNCc1ccccn1. The zero-order chi connectivity index (χ0) is 21.6. The van der Waals surface area contributed by atoms with Gasteiger partial charge in [0.1, 0.15) is 5.75 Å². The van der Waals surface area contributed by atoms with Crippen LogP contribution in [0.3, 0.4) is 0 Å². The molecule has 0 spiro atoms. The van der Waals surface area contributed by atoms with E-state index in [1.54, 1.807) is 0 Å². The minimum Gasteiger partial charge on any atom is -0.492 e. The van der Waals surface area contributed by atoms with Crippen molar-refractivity contribution in [2.75, 3.05) is 32.8 Å². The predicted molar refractivity (Wildman–Crippen MR) is 123 cm³/mol. The molecule has 3 rings (SSSR count). The van der Waals surface area contributed by atoms with Crippen LogP contribution in [0.15, 0.2) is 67.1 Å². The molecule has 0 aliphatic carbocycles. The quantitative estimate of drug-likeness (QED) is 0.388. The normalized spacial score (nSPS) is 11.0. The molecule has 7 nitrogen and oxygen atoms in total. The maximum absolute atomic E-state index is 5.77. The lowest BCUT2D eigenvalue weighted by molar-refractivity contribution is 0.252. The van der Waals surface area contributed by atoms with Crippen molar-refractivity contribution in [3.63, 3.8) is 0 Å². The van der Waals surface area contributed by atoms with E-state index in [-0.39, 0.29) is 0 Å². The van der Waals surface area contributed by atoms with Crippen LogP contribution in [0.4, 0.5) is 0 Å². The van der Waals surface area contributed by atoms with Gasteiger partial charge in [-0.15, -0.1) is 0 Å². The smallest absolute Gasteiger partial charge is 0.142 e. The molecule has 0 amide bonds. The Labute approximate surface area is 184 Å². The molecule has 0 radical (unpaired) electrons. The Balaban J connectivity index is 1.51. The molecule has 31 heavy (non-hydrogen) atoms. The molecular formula is C24H32N6O. The molecule has 0 fully saturated rings. The highest BCUT2D eigenvalue weighted by Crippen LogP contribution is 2.17. The minimum absolute atomic E-state index is 0.635. The minimum atomic E-state index is 0.635. The van der Waals surface area contributed by atoms with Gasteiger partial charge in [0.2, 0.25) is 0 Å². The second kappa shape index (κ2) is 13.4. The summed E-state index contributed by atoms with van der Waals surface area (Å²) in [5.74, 6) is 0.859. The molecule has 3 aromatic rings. The Hall–Kier alpha value is -2.87. The molecule has 0 saturated carbocycles. The fraction of sp³-hybridized carbons (Fsp3) is 0.375. The fourth-order valence-electron chi connectivity index (χ4n) is 3.22. The molecule has 7 heteroatoms. The molecule has 0 aliphatic rings. The first-order chi connectivity index (χ1) is 15.3. The zero-order valence-electron chi connectivity index (χ0n) is 18.2. The number of hydrogen-bond donors (Lipinski definition) is 2. The summed E-state index contributed by atoms with van der Waals surface area (Å²) < 4.78 is 5.77. The first-order valence-electron chi connectivity index (χ1n) is 10.9. The van der Waals surface area contributed by atoms with Gasteiger partial charge in [0.15, 0.2) is 0 Å². The Morgan fingerprint density at radius 1 is 0.774 bits per heavy atom. The van der Waals surface area contributed by atoms with Crippen LogP contribution in [0.1, 0.15) is 24.0 Å². The Morgan fingerprint density at radius 2 is 1.39 bits per heavy atom. The Morgan fingerprint density at radius 3 is 1.94 bits per heavy atom. The Bertz CT molecular complexity index is 815. The second-order valence-corrected chi connectivity index (χ2v) is 7.15. The van der Waals surface area contributed by atoms with Gasteiger partial charge in [0.25, 0.3) is 0 Å². The van der Waals surface area contributed by atoms with E-state index in [0.29, 0.717) is 6.61 Å². The molecule has 0 unspecified atom stereocenters. The van der Waals surface area contributed by atoms with Crippen molar-refractivity contribution in [1.29, 1.82) is 0 Å². The molecule has 164 valence electrons. The third-order valence-electron chi connectivity index (χ3n) is 4.80. The maximum atomic E-state index is 5.77. The van der Waals surface area contributed by atoms with Gasteiger partial charge in [0, 0.05) is 64.4 Å². The van der Waals surface area contributed by atoms with Crippen molar-refractivity contribution in [3.8, 4) is 5.75 Å². The van der Waals surface area contributed by atoms with Crippen LogP contribution in [-0.4, -0.2) is 52.6 Å². The molecular weight excluding hydrogens is 388 g/mol. The molecule has 0 saturated heterocycles. The van der Waals surface area contributed by atoms with Crippen molar-refractivity contribution in [3.05, 3.63) is 84.2 Å². The number of aromatic nitrogens is 3. The lowest BCUT2D eigenvalue weighted by Crippen LogP contribution is -2.36. The molecule has 0 aromatic carbocycles. The van der Waals surface area contributed by atoms with Crippen LogP contribution in [0.5, 0.6) is 5.75 Å². The summed E-state index contributed by atoms with van der Waals surface area (Å²) in [5.41, 5.74) is 3.07. The molecule has 0 bridgehead atoms. The van der Waals surface area contributed by atoms with Gasteiger partial charge < -0.3 is 15.4 Å². The van der Waals surface area contributed by atoms with E-state index < -0.39 is 0 Å². The number of rotatable bonds is 14. The average Bonchev–Trinajstić information content (AvgIpc) is 2.82. The van der Waals surface area contributed by atoms with E-state index in [9.17, 15) is 0 Å². The van der Waals surface area contributed by atoms with Crippen molar-refractivity contribution < 1.29 is 4.74 Å². The summed E-state index contributed by atoms with van der Waals surface area (Å²) >= 11 is 0. The third kappa shape index (κ3) is 8.41. The highest BCUT2D eigenvalue weighted by Gasteiger charge is 2.11. The van der Waals surface area contributed by atoms with Crippen LogP contribution in [0, 0.1) is 0 Å². The first kappa shape index (κ1) is 22.8. The fourth-order valence-corrected chi connectivity index (χ4v) is 3.22. The van der Waals surface area contributed by atoms with Crippen LogP contribution in [0.25, 0.3) is 0 Å². The van der Waals surface area contributed by atoms with E-state index in [1.807, 2.05) is 74.0 Å². The highest BCUT2D eigenvalue weighted by atomic mass is 16.5. The van der Waals surface area contributed by atoms with Crippen LogP contribution in [0.2, 0.25) is 0 Å². The standard InChI is InChI=1S/C24H32N6O/c1-2-31-24-10-7-13-29-23(24)20-30(16-14-25-18-21-8-3-5-11-27-21)17-15-26-19-22-9-4-6-12-28-22/h3-13,25-26H,2,14-20H2,1H3. The summed E-state index contributed by atoms with van der Waals surface area (Å²) in [6, 6.07) is 15.9. The average molecular weight is 421 g/mol. The molecule has 3 heterocycles. The predicted octanol–water partition coefficient (Wildman–Crippen LogP) is 2.65. The monoisotopic (exact) mass is 420 g/mol. The molecule has 2 N–H and O–H groups in total. The number of nitrogens with zero attached hydrogens (tertiary/aromatic N) is 4. The van der Waals surface area contributed by atoms with E-state index in [0.717, 1.165) is 68.6 Å². The molecule has 3 aromatic heterocycles. The van der Waals surface area contributed by atoms with E-state index >= 15 is 0 Å². The van der Waals surface area contributed by atoms with Gasteiger partial charge in [-0.05, 0) is 43.3 Å². The lowest BCUT2D eigenvalue weighted by atomic mass is 10.3. The van der Waals surface area contributed by atoms with Gasteiger partial charge >= 0.3 is 0 Å². The Kier molecular flexibility index (Phi) is 9.89. The molecule has 0 aliphatic heterocycles.